The lowest BCUT2D eigenvalue weighted by atomic mass is 10.1. The second-order valence-electron chi connectivity index (χ2n) is 5.44. The molecule has 0 spiro atoms. The van der Waals surface area contributed by atoms with Gasteiger partial charge in [-0.2, -0.15) is 0 Å². The van der Waals surface area contributed by atoms with E-state index in [4.69, 9.17) is 5.11 Å². The van der Waals surface area contributed by atoms with Gasteiger partial charge >= 0.3 is 5.97 Å². The van der Waals surface area contributed by atoms with Crippen LogP contribution in [0.5, 0.6) is 0 Å². The van der Waals surface area contributed by atoms with E-state index < -0.39 is 17.8 Å². The van der Waals surface area contributed by atoms with Gasteiger partial charge in [0.05, 0.1) is 17.9 Å². The molecule has 23 heavy (non-hydrogen) atoms. The molecule has 120 valence electrons. The summed E-state index contributed by atoms with van der Waals surface area (Å²) < 4.78 is 26.5. The van der Waals surface area contributed by atoms with E-state index in [0.717, 1.165) is 0 Å². The molecule has 1 aromatic heterocycles. The standard InChI is InChI=1S/C16H13F2NO3S/c17-16(18)7-12(16)11-3-1-2-4-13(11)19-14(20)6-10-5-9(8-23-10)15(21)22/h1-5,8,12H,6-7H2,(H,19,20)(H,21,22). The van der Waals surface area contributed by atoms with Crippen molar-refractivity contribution in [2.24, 2.45) is 0 Å². The number of nitrogens with one attached hydrogen (secondary N) is 1. The van der Waals surface area contributed by atoms with Crippen LogP contribution in [0.2, 0.25) is 0 Å². The number of alkyl halides is 2. The molecule has 2 aromatic rings. The summed E-state index contributed by atoms with van der Waals surface area (Å²) in [6.45, 7) is 0. The van der Waals surface area contributed by atoms with E-state index in [0.29, 0.717) is 16.1 Å². The number of amides is 1. The molecular weight excluding hydrogens is 324 g/mol. The van der Waals surface area contributed by atoms with E-state index in [1.165, 1.54) is 22.8 Å². The van der Waals surface area contributed by atoms with Crippen LogP contribution >= 0.6 is 11.3 Å². The fraction of sp³-hybridized carbons (Fsp3) is 0.250. The number of thiophene rings is 1. The summed E-state index contributed by atoms with van der Waals surface area (Å²) in [6.07, 6.45) is -0.194. The van der Waals surface area contributed by atoms with Crippen LogP contribution < -0.4 is 5.32 Å². The third-order valence-electron chi connectivity index (χ3n) is 3.67. The number of carboxylic acids is 1. The first kappa shape index (κ1) is 15.6. The predicted octanol–water partition coefficient (Wildman–Crippen LogP) is 3.75. The van der Waals surface area contributed by atoms with Gasteiger partial charge in [-0.1, -0.05) is 18.2 Å². The quantitative estimate of drug-likeness (QED) is 0.873. The van der Waals surface area contributed by atoms with Gasteiger partial charge in [0.2, 0.25) is 5.91 Å². The minimum atomic E-state index is -2.70. The Morgan fingerprint density at radius 3 is 2.65 bits per heavy atom. The summed E-state index contributed by atoms with van der Waals surface area (Å²) >= 11 is 1.18. The Kier molecular flexibility index (Phi) is 3.89. The zero-order valence-corrected chi connectivity index (χ0v) is 12.7. The predicted molar refractivity (Wildman–Crippen MR) is 82.4 cm³/mol. The minimum Gasteiger partial charge on any atom is -0.478 e. The third kappa shape index (κ3) is 3.39. The van der Waals surface area contributed by atoms with Gasteiger partial charge in [-0.3, -0.25) is 4.79 Å². The molecule has 2 N–H and O–H groups in total. The summed E-state index contributed by atoms with van der Waals surface area (Å²) in [6, 6.07) is 7.96. The van der Waals surface area contributed by atoms with Gasteiger partial charge in [-0.15, -0.1) is 11.3 Å². The highest BCUT2D eigenvalue weighted by Crippen LogP contribution is 2.57. The molecule has 1 aliphatic carbocycles. The molecule has 1 heterocycles. The molecule has 1 fully saturated rings. The van der Waals surface area contributed by atoms with E-state index in [9.17, 15) is 18.4 Å². The Balaban J connectivity index is 1.69. The van der Waals surface area contributed by atoms with E-state index in [2.05, 4.69) is 5.32 Å². The lowest BCUT2D eigenvalue weighted by Crippen LogP contribution is -2.15. The molecule has 0 bridgehead atoms. The fourth-order valence-electron chi connectivity index (χ4n) is 2.40. The summed E-state index contributed by atoms with van der Waals surface area (Å²) in [5.74, 6) is -4.96. The number of carbonyl (C=O) groups is 2. The van der Waals surface area contributed by atoms with Crippen LogP contribution in [0.3, 0.4) is 0 Å². The monoisotopic (exact) mass is 337 g/mol. The van der Waals surface area contributed by atoms with Crippen molar-refractivity contribution in [1.29, 1.82) is 0 Å². The summed E-state index contributed by atoms with van der Waals surface area (Å²) in [5.41, 5.74) is 0.953. The van der Waals surface area contributed by atoms with Gasteiger partial charge < -0.3 is 10.4 Å². The molecule has 3 rings (SSSR count). The van der Waals surface area contributed by atoms with Gasteiger partial charge in [0, 0.05) is 22.4 Å². The van der Waals surface area contributed by atoms with Crippen molar-refractivity contribution in [3.05, 3.63) is 51.7 Å². The zero-order valence-electron chi connectivity index (χ0n) is 11.9. The average molecular weight is 337 g/mol. The van der Waals surface area contributed by atoms with Crippen molar-refractivity contribution in [3.8, 4) is 0 Å². The largest absolute Gasteiger partial charge is 0.478 e. The topological polar surface area (TPSA) is 66.4 Å². The summed E-state index contributed by atoms with van der Waals surface area (Å²) in [5, 5.41) is 13.0. The number of para-hydroxylation sites is 1. The lowest BCUT2D eigenvalue weighted by molar-refractivity contribution is -0.115. The number of hydrogen-bond donors (Lipinski definition) is 2. The van der Waals surface area contributed by atoms with Crippen molar-refractivity contribution >= 4 is 28.9 Å². The Morgan fingerprint density at radius 1 is 1.35 bits per heavy atom. The van der Waals surface area contributed by atoms with Gasteiger partial charge in [0.1, 0.15) is 0 Å². The van der Waals surface area contributed by atoms with E-state index in [-0.39, 0.29) is 24.3 Å². The molecule has 1 amide bonds. The molecule has 1 unspecified atom stereocenters. The molecule has 0 saturated heterocycles. The molecule has 1 saturated carbocycles. The lowest BCUT2D eigenvalue weighted by Gasteiger charge is -2.10. The SMILES string of the molecule is O=C(Cc1cc(C(=O)O)cs1)Nc1ccccc1C1CC1(F)F. The number of rotatable bonds is 5. The smallest absolute Gasteiger partial charge is 0.336 e. The van der Waals surface area contributed by atoms with E-state index in [1.54, 1.807) is 24.3 Å². The van der Waals surface area contributed by atoms with Crippen LogP contribution in [-0.4, -0.2) is 22.9 Å². The van der Waals surface area contributed by atoms with Crippen molar-refractivity contribution < 1.29 is 23.5 Å². The Hall–Kier alpha value is -2.28. The van der Waals surface area contributed by atoms with Crippen LogP contribution in [-0.2, 0) is 11.2 Å². The molecule has 7 heteroatoms. The van der Waals surface area contributed by atoms with Crippen LogP contribution in [0.1, 0.15) is 33.1 Å². The van der Waals surface area contributed by atoms with Gasteiger partial charge in [-0.05, 0) is 17.7 Å². The molecule has 0 aliphatic heterocycles. The second-order valence-corrected chi connectivity index (χ2v) is 6.43. The second kappa shape index (κ2) is 5.73. The highest BCUT2D eigenvalue weighted by molar-refractivity contribution is 7.10. The van der Waals surface area contributed by atoms with Crippen LogP contribution in [0.25, 0.3) is 0 Å². The number of carboxylic acid groups (broad SMARTS) is 1. The molecule has 1 aliphatic rings. The fourth-order valence-corrected chi connectivity index (χ4v) is 3.26. The highest BCUT2D eigenvalue weighted by Gasteiger charge is 2.58. The van der Waals surface area contributed by atoms with Crippen LogP contribution in [0.4, 0.5) is 14.5 Å². The van der Waals surface area contributed by atoms with E-state index >= 15 is 0 Å². The molecule has 0 radical (unpaired) electrons. The molecular formula is C16H13F2NO3S. The number of halogens is 2. The normalized spacial score (nSPS) is 18.4. The van der Waals surface area contributed by atoms with Crippen LogP contribution in [0, 0.1) is 0 Å². The van der Waals surface area contributed by atoms with Crippen LogP contribution in [0.15, 0.2) is 35.7 Å². The first-order chi connectivity index (χ1) is 10.9. The van der Waals surface area contributed by atoms with Crippen molar-refractivity contribution in [2.75, 3.05) is 5.32 Å². The number of carbonyl (C=O) groups excluding carboxylic acids is 1. The Bertz CT molecular complexity index is 772. The Labute approximate surface area is 134 Å². The minimum absolute atomic E-state index is 0.00728. The highest BCUT2D eigenvalue weighted by atomic mass is 32.1. The van der Waals surface area contributed by atoms with Crippen molar-refractivity contribution in [1.82, 2.24) is 0 Å². The maximum atomic E-state index is 13.3. The maximum Gasteiger partial charge on any atom is 0.336 e. The maximum absolute atomic E-state index is 13.3. The van der Waals surface area contributed by atoms with Gasteiger partial charge in [0.25, 0.3) is 5.92 Å². The summed E-state index contributed by atoms with van der Waals surface area (Å²) in [4.78, 5) is 23.5. The number of anilines is 1. The number of hydrogen-bond acceptors (Lipinski definition) is 3. The third-order valence-corrected chi connectivity index (χ3v) is 4.61. The number of benzene rings is 1. The molecule has 1 aromatic carbocycles. The zero-order chi connectivity index (χ0) is 16.6. The summed E-state index contributed by atoms with van der Waals surface area (Å²) in [7, 11) is 0. The molecule has 1 atom stereocenters. The number of aromatic carboxylic acids is 1. The average Bonchev–Trinajstić information content (AvgIpc) is 2.90. The van der Waals surface area contributed by atoms with E-state index in [1.807, 2.05) is 0 Å². The van der Waals surface area contributed by atoms with Gasteiger partial charge in [0.15, 0.2) is 0 Å². The van der Waals surface area contributed by atoms with Gasteiger partial charge in [-0.25, -0.2) is 13.6 Å². The van der Waals surface area contributed by atoms with Crippen molar-refractivity contribution in [3.63, 3.8) is 0 Å². The first-order valence-corrected chi connectivity index (χ1v) is 7.82. The molecule has 4 nitrogen and oxygen atoms in total. The van der Waals surface area contributed by atoms with Crippen molar-refractivity contribution in [2.45, 2.75) is 24.7 Å². The first-order valence-electron chi connectivity index (χ1n) is 6.94. The Morgan fingerprint density at radius 2 is 2.04 bits per heavy atom.